The zero-order valence-electron chi connectivity index (χ0n) is 7.24. The van der Waals surface area contributed by atoms with Gasteiger partial charge in [0.25, 0.3) is 0 Å². The van der Waals surface area contributed by atoms with E-state index in [4.69, 9.17) is 5.11 Å². The minimum atomic E-state index is -0.879. The molecule has 0 saturated carbocycles. The molecule has 0 aliphatic carbocycles. The first-order chi connectivity index (χ1) is 4.30. The van der Waals surface area contributed by atoms with Crippen LogP contribution in [-0.4, -0.2) is 38.5 Å². The third kappa shape index (κ3) is 8.59. The Labute approximate surface area is 80.2 Å². The van der Waals surface area contributed by atoms with E-state index in [0.717, 1.165) is 0 Å². The summed E-state index contributed by atoms with van der Waals surface area (Å²) in [6.07, 6.45) is 0. The third-order valence-corrected chi connectivity index (χ3v) is 1.02. The van der Waals surface area contributed by atoms with Gasteiger partial charge in [0.2, 0.25) is 0 Å². The quantitative estimate of drug-likeness (QED) is 0.527. The first-order valence-electron chi connectivity index (χ1n) is 2.59. The fourth-order valence-electron chi connectivity index (χ4n) is 0.581. The van der Waals surface area contributed by atoms with Gasteiger partial charge in [-0.3, -0.25) is 0 Å². The summed E-state index contributed by atoms with van der Waals surface area (Å²) in [6.45, 7) is 0. The van der Waals surface area contributed by atoms with Crippen molar-refractivity contribution < 1.29 is 37.3 Å². The molecule has 0 aliphatic rings. The fourth-order valence-corrected chi connectivity index (χ4v) is 0.581. The van der Waals surface area contributed by atoms with Crippen LogP contribution in [-0.2, 0) is 0 Å². The average Bonchev–Trinajstić information content (AvgIpc) is 1.90. The maximum Gasteiger partial charge on any atom is 0.335 e. The summed E-state index contributed by atoms with van der Waals surface area (Å²) in [7, 11) is 0. The van der Waals surface area contributed by atoms with Gasteiger partial charge in [0, 0.05) is 0 Å². The highest BCUT2D eigenvalue weighted by Gasteiger charge is 1.96. The average molecular weight is 212 g/mol. The van der Waals surface area contributed by atoms with E-state index in [-0.39, 0.29) is 27.4 Å². The lowest BCUT2D eigenvalue weighted by atomic mass is 10.2. The lowest BCUT2D eigenvalue weighted by molar-refractivity contribution is 0.0697. The number of carbonyl (C=O) groups is 1. The van der Waals surface area contributed by atoms with Crippen molar-refractivity contribution in [3.8, 4) is 0 Å². The summed E-state index contributed by atoms with van der Waals surface area (Å²) < 4.78 is 0. The van der Waals surface area contributed by atoms with Gasteiger partial charge in [-0.05, 0) is 12.1 Å². The van der Waals surface area contributed by atoms with E-state index in [2.05, 4.69) is 0 Å². The highest BCUT2D eigenvalue weighted by atomic mass is 16.4. The third-order valence-electron chi connectivity index (χ3n) is 1.02. The summed E-state index contributed by atoms with van der Waals surface area (Å²) >= 11 is 0. The molecular weight excluding hydrogens is 196 g/mol. The van der Waals surface area contributed by atoms with Crippen LogP contribution >= 0.6 is 0 Å². The summed E-state index contributed by atoms with van der Waals surface area (Å²) in [4.78, 5) is 10.2. The molecule has 1 aromatic rings. The monoisotopic (exact) mass is 212 g/mol. The molecule has 7 heteroatoms. The normalized spacial score (nSPS) is 5.71. The van der Waals surface area contributed by atoms with Gasteiger partial charge < -0.3 is 32.5 Å². The molecule has 1 aromatic carbocycles. The van der Waals surface area contributed by atoms with Gasteiger partial charge in [-0.25, -0.2) is 4.79 Å². The lowest BCUT2D eigenvalue weighted by Crippen LogP contribution is -1.93. The van der Waals surface area contributed by atoms with Gasteiger partial charge in [0.15, 0.2) is 0 Å². The molecule has 11 N–H and O–H groups in total. The fraction of sp³-hybridized carbons (Fsp3) is 0. The van der Waals surface area contributed by atoms with Crippen LogP contribution in [0.3, 0.4) is 0 Å². The second-order valence-corrected chi connectivity index (χ2v) is 1.67. The zero-order chi connectivity index (χ0) is 6.69. The Morgan fingerprint density at radius 1 is 0.857 bits per heavy atom. The van der Waals surface area contributed by atoms with Crippen molar-refractivity contribution >= 4 is 5.97 Å². The summed E-state index contributed by atoms with van der Waals surface area (Å²) in [5.74, 6) is -0.879. The maximum absolute atomic E-state index is 10.2. The maximum atomic E-state index is 10.2. The Hall–Kier alpha value is -1.51. The van der Waals surface area contributed by atoms with Gasteiger partial charge in [-0.15, -0.1) is 0 Å². The Balaban J connectivity index is -0.0000000540. The highest BCUT2D eigenvalue weighted by Crippen LogP contribution is 1.96. The first kappa shape index (κ1) is 29.4. The molecular formula is C7H16O7. The minimum absolute atomic E-state index is 0. The predicted molar refractivity (Wildman–Crippen MR) is 51.5 cm³/mol. The largest absolute Gasteiger partial charge is 0.478 e. The van der Waals surface area contributed by atoms with E-state index in [0.29, 0.717) is 5.56 Å². The van der Waals surface area contributed by atoms with Gasteiger partial charge in [-0.1, -0.05) is 18.2 Å². The summed E-state index contributed by atoms with van der Waals surface area (Å²) in [6, 6.07) is 8.30. The minimum Gasteiger partial charge on any atom is -0.478 e. The lowest BCUT2D eigenvalue weighted by Gasteiger charge is -1.88. The van der Waals surface area contributed by atoms with Gasteiger partial charge >= 0.3 is 5.97 Å². The highest BCUT2D eigenvalue weighted by molar-refractivity contribution is 5.87. The second-order valence-electron chi connectivity index (χ2n) is 1.67. The van der Waals surface area contributed by atoms with Gasteiger partial charge in [-0.2, -0.15) is 0 Å². The number of hydrogen-bond donors (Lipinski definition) is 1. The van der Waals surface area contributed by atoms with E-state index < -0.39 is 5.97 Å². The number of aromatic carboxylic acids is 1. The first-order valence-corrected chi connectivity index (χ1v) is 2.59. The molecule has 0 aliphatic heterocycles. The number of carboxylic acids is 1. The molecule has 0 atom stereocenters. The Bertz CT molecular complexity index is 211. The molecule has 86 valence electrons. The number of carboxylic acid groups (broad SMARTS) is 1. The standard InChI is InChI=1S/C7H6O2.5H2O/c8-7(9)6-4-2-1-3-5-6;;;;;/h1-5H,(H,8,9);5*1H2. The van der Waals surface area contributed by atoms with Crippen molar-refractivity contribution in [2.75, 3.05) is 0 Å². The molecule has 0 amide bonds. The van der Waals surface area contributed by atoms with Crippen LogP contribution < -0.4 is 0 Å². The molecule has 0 aromatic heterocycles. The van der Waals surface area contributed by atoms with Crippen molar-refractivity contribution in [2.24, 2.45) is 0 Å². The van der Waals surface area contributed by atoms with E-state index in [9.17, 15) is 4.79 Å². The molecule has 14 heavy (non-hydrogen) atoms. The van der Waals surface area contributed by atoms with Crippen molar-refractivity contribution in [3.05, 3.63) is 35.9 Å². The molecule has 0 spiro atoms. The van der Waals surface area contributed by atoms with E-state index in [1.54, 1.807) is 30.3 Å². The summed E-state index contributed by atoms with van der Waals surface area (Å²) in [5.41, 5.74) is 0.331. The smallest absolute Gasteiger partial charge is 0.335 e. The number of rotatable bonds is 1. The number of benzene rings is 1. The van der Waals surface area contributed by atoms with Crippen LogP contribution in [0.2, 0.25) is 0 Å². The van der Waals surface area contributed by atoms with Crippen LogP contribution in [0.5, 0.6) is 0 Å². The van der Waals surface area contributed by atoms with Crippen LogP contribution in [0.25, 0.3) is 0 Å². The van der Waals surface area contributed by atoms with Crippen LogP contribution in [0.4, 0.5) is 0 Å². The molecule has 0 saturated heterocycles. The predicted octanol–water partition coefficient (Wildman–Crippen LogP) is -2.74. The van der Waals surface area contributed by atoms with Crippen molar-refractivity contribution in [1.29, 1.82) is 0 Å². The van der Waals surface area contributed by atoms with E-state index in [1.807, 2.05) is 0 Å². The molecule has 0 bridgehead atoms. The molecule has 0 radical (unpaired) electrons. The van der Waals surface area contributed by atoms with Gasteiger partial charge in [0.05, 0.1) is 5.56 Å². The van der Waals surface area contributed by atoms with Crippen molar-refractivity contribution in [2.45, 2.75) is 0 Å². The Kier molecular flexibility index (Phi) is 29.5. The van der Waals surface area contributed by atoms with E-state index in [1.165, 1.54) is 0 Å². The van der Waals surface area contributed by atoms with Crippen molar-refractivity contribution in [1.82, 2.24) is 0 Å². The SMILES string of the molecule is O.O.O.O.O.O=C(O)c1ccccc1. The summed E-state index contributed by atoms with van der Waals surface area (Å²) in [5, 5.41) is 8.38. The molecule has 0 fully saturated rings. The van der Waals surface area contributed by atoms with Crippen LogP contribution in [0, 0.1) is 0 Å². The van der Waals surface area contributed by atoms with Crippen LogP contribution in [0.1, 0.15) is 10.4 Å². The van der Waals surface area contributed by atoms with E-state index >= 15 is 0 Å². The molecule has 1 rings (SSSR count). The van der Waals surface area contributed by atoms with Crippen LogP contribution in [0.15, 0.2) is 30.3 Å². The molecule has 0 heterocycles. The molecule has 0 unspecified atom stereocenters. The Morgan fingerprint density at radius 2 is 1.21 bits per heavy atom. The Morgan fingerprint density at radius 3 is 1.43 bits per heavy atom. The second kappa shape index (κ2) is 14.0. The zero-order valence-corrected chi connectivity index (χ0v) is 7.24. The molecule has 7 nitrogen and oxygen atoms in total. The topological polar surface area (TPSA) is 195 Å². The van der Waals surface area contributed by atoms with Gasteiger partial charge in [0.1, 0.15) is 0 Å². The number of hydrogen-bond acceptors (Lipinski definition) is 1. The van der Waals surface area contributed by atoms with Crippen molar-refractivity contribution in [3.63, 3.8) is 0 Å².